The van der Waals surface area contributed by atoms with Crippen LogP contribution in [0.5, 0.6) is 0 Å². The molecule has 1 heterocycles. The maximum Gasteiger partial charge on any atom is 0.191 e. The predicted molar refractivity (Wildman–Crippen MR) is 105 cm³/mol. The summed E-state index contributed by atoms with van der Waals surface area (Å²) in [5.74, 6) is 2.22. The first-order chi connectivity index (χ1) is 9.56. The lowest BCUT2D eigenvalue weighted by Gasteiger charge is -2.21. The Morgan fingerprint density at radius 1 is 1.38 bits per heavy atom. The van der Waals surface area contributed by atoms with Gasteiger partial charge in [-0.1, -0.05) is 0 Å². The molecule has 0 aromatic rings. The average molecular weight is 429 g/mol. The molecule has 0 aliphatic carbocycles. The molecular formula is C15H32IN3OS. The van der Waals surface area contributed by atoms with E-state index >= 15 is 0 Å². The van der Waals surface area contributed by atoms with Crippen LogP contribution in [0.2, 0.25) is 0 Å². The Bertz CT molecular complexity index is 295. The molecule has 1 aliphatic rings. The zero-order chi connectivity index (χ0) is 14.8. The van der Waals surface area contributed by atoms with E-state index in [0.717, 1.165) is 38.6 Å². The van der Waals surface area contributed by atoms with Gasteiger partial charge in [-0.25, -0.2) is 0 Å². The molecule has 1 fully saturated rings. The van der Waals surface area contributed by atoms with Crippen molar-refractivity contribution in [3.8, 4) is 0 Å². The summed E-state index contributed by atoms with van der Waals surface area (Å²) in [6.45, 7) is 12.1. The first kappa shape index (κ1) is 21.3. The van der Waals surface area contributed by atoms with E-state index in [1.165, 1.54) is 18.6 Å². The maximum atomic E-state index is 5.54. The molecule has 2 N–H and O–H groups in total. The van der Waals surface area contributed by atoms with E-state index in [2.05, 4.69) is 50.1 Å². The van der Waals surface area contributed by atoms with Gasteiger partial charge in [-0.05, 0) is 52.7 Å². The van der Waals surface area contributed by atoms with Crippen molar-refractivity contribution in [2.24, 2.45) is 4.99 Å². The first-order valence-corrected chi connectivity index (χ1v) is 8.82. The van der Waals surface area contributed by atoms with E-state index in [1.807, 2.05) is 0 Å². The zero-order valence-corrected chi connectivity index (χ0v) is 17.1. The van der Waals surface area contributed by atoms with Gasteiger partial charge in [0.2, 0.25) is 0 Å². The zero-order valence-electron chi connectivity index (χ0n) is 13.9. The SMILES string of the molecule is CCNC(=NCC1(C)CCCS1)NCCCOC(C)C.I. The number of guanidine groups is 1. The van der Waals surface area contributed by atoms with E-state index in [4.69, 9.17) is 9.73 Å². The predicted octanol–water partition coefficient (Wildman–Crippen LogP) is 3.26. The molecule has 0 aromatic heterocycles. The second kappa shape index (κ2) is 11.8. The number of aliphatic imine (C=N–C) groups is 1. The molecule has 1 rings (SSSR count). The Morgan fingerprint density at radius 3 is 2.71 bits per heavy atom. The number of ether oxygens (including phenoxy) is 1. The van der Waals surface area contributed by atoms with Crippen LogP contribution in [0.1, 0.15) is 47.0 Å². The lowest BCUT2D eigenvalue weighted by atomic mass is 10.1. The van der Waals surface area contributed by atoms with Crippen molar-refractivity contribution in [2.45, 2.75) is 57.8 Å². The molecule has 0 bridgehead atoms. The minimum absolute atomic E-state index is 0. The Labute approximate surface area is 151 Å². The molecule has 1 saturated heterocycles. The number of nitrogens with zero attached hydrogens (tertiary/aromatic N) is 1. The molecule has 126 valence electrons. The van der Waals surface area contributed by atoms with Gasteiger partial charge in [0.25, 0.3) is 0 Å². The van der Waals surface area contributed by atoms with Crippen LogP contribution in [-0.2, 0) is 4.74 Å². The van der Waals surface area contributed by atoms with Crippen molar-refractivity contribution in [3.05, 3.63) is 0 Å². The minimum atomic E-state index is 0. The fourth-order valence-corrected chi connectivity index (χ4v) is 3.37. The van der Waals surface area contributed by atoms with Crippen molar-refractivity contribution < 1.29 is 4.74 Å². The lowest BCUT2D eigenvalue weighted by molar-refractivity contribution is 0.0776. The highest BCUT2D eigenvalue weighted by molar-refractivity contribution is 14.0. The van der Waals surface area contributed by atoms with Crippen LogP contribution >= 0.6 is 35.7 Å². The number of hydrogen-bond acceptors (Lipinski definition) is 3. The van der Waals surface area contributed by atoms with Crippen LogP contribution < -0.4 is 10.6 Å². The third-order valence-electron chi connectivity index (χ3n) is 3.28. The average Bonchev–Trinajstić information content (AvgIpc) is 2.82. The molecule has 0 spiro atoms. The van der Waals surface area contributed by atoms with Gasteiger partial charge in [0.15, 0.2) is 5.96 Å². The van der Waals surface area contributed by atoms with E-state index < -0.39 is 0 Å². The third-order valence-corrected chi connectivity index (χ3v) is 4.80. The number of halogens is 1. The summed E-state index contributed by atoms with van der Waals surface area (Å²) in [6.07, 6.45) is 3.93. The van der Waals surface area contributed by atoms with Crippen LogP contribution in [0, 0.1) is 0 Å². The number of thioether (sulfide) groups is 1. The molecular weight excluding hydrogens is 397 g/mol. The normalized spacial score (nSPS) is 22.2. The lowest BCUT2D eigenvalue weighted by Crippen LogP contribution is -2.39. The molecule has 0 aromatic carbocycles. The molecule has 21 heavy (non-hydrogen) atoms. The standard InChI is InChI=1S/C15H31N3OS.HI/c1-5-16-14(17-9-7-10-19-13(2)3)18-12-15(4)8-6-11-20-15;/h13H,5-12H2,1-4H3,(H2,16,17,18);1H. The van der Waals surface area contributed by atoms with E-state index in [0.29, 0.717) is 10.9 Å². The van der Waals surface area contributed by atoms with Crippen LogP contribution in [0.25, 0.3) is 0 Å². The Kier molecular flexibility index (Phi) is 12.0. The first-order valence-electron chi connectivity index (χ1n) is 7.83. The van der Waals surface area contributed by atoms with Crippen molar-refractivity contribution in [3.63, 3.8) is 0 Å². The van der Waals surface area contributed by atoms with Gasteiger partial charge in [0.1, 0.15) is 0 Å². The van der Waals surface area contributed by atoms with Gasteiger partial charge in [0, 0.05) is 24.4 Å². The molecule has 0 amide bonds. The van der Waals surface area contributed by atoms with Gasteiger partial charge in [0.05, 0.1) is 12.6 Å². The van der Waals surface area contributed by atoms with Crippen LogP contribution in [0.15, 0.2) is 4.99 Å². The van der Waals surface area contributed by atoms with Crippen molar-refractivity contribution in [2.75, 3.05) is 32.0 Å². The minimum Gasteiger partial charge on any atom is -0.379 e. The van der Waals surface area contributed by atoms with E-state index in [1.54, 1.807) is 0 Å². The number of rotatable bonds is 8. The number of hydrogen-bond donors (Lipinski definition) is 2. The highest BCUT2D eigenvalue weighted by Crippen LogP contribution is 2.37. The molecule has 1 atom stereocenters. The van der Waals surface area contributed by atoms with Crippen LogP contribution in [0.4, 0.5) is 0 Å². The Balaban J connectivity index is 0.00000400. The highest BCUT2D eigenvalue weighted by atomic mass is 127. The molecule has 1 unspecified atom stereocenters. The monoisotopic (exact) mass is 429 g/mol. The molecule has 0 saturated carbocycles. The van der Waals surface area contributed by atoms with Crippen LogP contribution in [-0.4, -0.2) is 48.8 Å². The number of nitrogens with one attached hydrogen (secondary N) is 2. The summed E-state index contributed by atoms with van der Waals surface area (Å²) < 4.78 is 5.87. The fraction of sp³-hybridized carbons (Fsp3) is 0.933. The smallest absolute Gasteiger partial charge is 0.191 e. The van der Waals surface area contributed by atoms with Gasteiger partial charge >= 0.3 is 0 Å². The van der Waals surface area contributed by atoms with Crippen LogP contribution in [0.3, 0.4) is 0 Å². The van der Waals surface area contributed by atoms with E-state index in [9.17, 15) is 0 Å². The quantitative estimate of drug-likeness (QED) is 0.269. The second-order valence-corrected chi connectivity index (χ2v) is 7.48. The Morgan fingerprint density at radius 2 is 2.14 bits per heavy atom. The highest BCUT2D eigenvalue weighted by Gasteiger charge is 2.29. The Hall–Kier alpha value is 0.310. The summed E-state index contributed by atoms with van der Waals surface area (Å²) in [5, 5.41) is 6.70. The second-order valence-electron chi connectivity index (χ2n) is 5.80. The van der Waals surface area contributed by atoms with Crippen molar-refractivity contribution in [1.29, 1.82) is 0 Å². The topological polar surface area (TPSA) is 45.7 Å². The van der Waals surface area contributed by atoms with Crippen molar-refractivity contribution in [1.82, 2.24) is 10.6 Å². The molecule has 1 aliphatic heterocycles. The maximum absolute atomic E-state index is 5.54. The molecule has 4 nitrogen and oxygen atoms in total. The van der Waals surface area contributed by atoms with Gasteiger partial charge in [-0.15, -0.1) is 24.0 Å². The van der Waals surface area contributed by atoms with E-state index in [-0.39, 0.29) is 24.0 Å². The van der Waals surface area contributed by atoms with Crippen molar-refractivity contribution >= 4 is 41.7 Å². The summed E-state index contributed by atoms with van der Waals surface area (Å²) in [6, 6.07) is 0. The third kappa shape index (κ3) is 9.84. The fourth-order valence-electron chi connectivity index (χ4n) is 2.15. The van der Waals surface area contributed by atoms with Gasteiger partial charge in [-0.3, -0.25) is 4.99 Å². The molecule has 6 heteroatoms. The largest absolute Gasteiger partial charge is 0.379 e. The van der Waals surface area contributed by atoms with Gasteiger partial charge < -0.3 is 15.4 Å². The summed E-state index contributed by atoms with van der Waals surface area (Å²) in [4.78, 5) is 4.73. The summed E-state index contributed by atoms with van der Waals surface area (Å²) in [7, 11) is 0. The summed E-state index contributed by atoms with van der Waals surface area (Å²) >= 11 is 2.06. The summed E-state index contributed by atoms with van der Waals surface area (Å²) in [5.41, 5.74) is 0. The molecule has 0 radical (unpaired) electrons. The van der Waals surface area contributed by atoms with Gasteiger partial charge in [-0.2, -0.15) is 11.8 Å².